The Kier molecular flexibility index (Phi) is 3.85. The first-order valence-corrected chi connectivity index (χ1v) is 5.92. The summed E-state index contributed by atoms with van der Waals surface area (Å²) in [6, 6.07) is 2.02. The van der Waals surface area contributed by atoms with Crippen molar-refractivity contribution in [3.05, 3.63) is 23.8 Å². The number of nitrogens with two attached hydrogens (primary N) is 1. The summed E-state index contributed by atoms with van der Waals surface area (Å²) in [6.07, 6.45) is 3.97. The third kappa shape index (κ3) is 2.57. The molecule has 0 aromatic carbocycles. The van der Waals surface area contributed by atoms with Gasteiger partial charge in [0.15, 0.2) is 0 Å². The number of aromatic nitrogens is 2. The minimum Gasteiger partial charge on any atom is -0.381 e. The third-order valence-corrected chi connectivity index (χ3v) is 3.13. The maximum atomic E-state index is 5.63. The summed E-state index contributed by atoms with van der Waals surface area (Å²) in [5, 5.41) is 0. The molecule has 2 rings (SSSR count). The van der Waals surface area contributed by atoms with Gasteiger partial charge in [-0.05, 0) is 18.9 Å². The summed E-state index contributed by atoms with van der Waals surface area (Å²) in [5.74, 6) is 1.63. The molecule has 0 aliphatic carbocycles. The molecule has 1 saturated heterocycles. The van der Waals surface area contributed by atoms with Crippen LogP contribution in [-0.4, -0.2) is 29.7 Å². The lowest BCUT2D eigenvalue weighted by Gasteiger charge is -2.22. The molecular formula is C12H19N3O. The van der Waals surface area contributed by atoms with Gasteiger partial charge in [0.2, 0.25) is 0 Å². The molecule has 1 atom stereocenters. The van der Waals surface area contributed by atoms with Gasteiger partial charge in [-0.3, -0.25) is 0 Å². The molecule has 2 N–H and O–H groups in total. The molecule has 0 spiro atoms. The highest BCUT2D eigenvalue weighted by Gasteiger charge is 2.18. The highest BCUT2D eigenvalue weighted by molar-refractivity contribution is 5.11. The molecule has 0 radical (unpaired) electrons. The number of nitrogens with zero attached hydrogens (tertiary/aromatic N) is 2. The first kappa shape index (κ1) is 11.5. The van der Waals surface area contributed by atoms with E-state index in [0.29, 0.717) is 12.5 Å². The Labute approximate surface area is 96.2 Å². The van der Waals surface area contributed by atoms with Crippen LogP contribution in [0.15, 0.2) is 12.3 Å². The summed E-state index contributed by atoms with van der Waals surface area (Å²) in [6.45, 7) is 4.34. The number of rotatable bonds is 3. The van der Waals surface area contributed by atoms with Gasteiger partial charge < -0.3 is 10.5 Å². The van der Waals surface area contributed by atoms with Crippen molar-refractivity contribution in [2.75, 3.05) is 19.8 Å². The summed E-state index contributed by atoms with van der Waals surface area (Å²) in [5.41, 5.74) is 6.78. The largest absolute Gasteiger partial charge is 0.381 e. The van der Waals surface area contributed by atoms with Crippen LogP contribution in [0.4, 0.5) is 0 Å². The smallest absolute Gasteiger partial charge is 0.132 e. The fourth-order valence-corrected chi connectivity index (χ4v) is 1.95. The summed E-state index contributed by atoms with van der Waals surface area (Å²) in [7, 11) is 0. The maximum Gasteiger partial charge on any atom is 0.132 e. The van der Waals surface area contributed by atoms with Crippen LogP contribution in [0.3, 0.4) is 0 Å². The van der Waals surface area contributed by atoms with Crippen LogP contribution < -0.4 is 5.73 Å². The molecule has 0 amide bonds. The lowest BCUT2D eigenvalue weighted by atomic mass is 9.96. The molecule has 0 bridgehead atoms. The van der Waals surface area contributed by atoms with Crippen LogP contribution in [-0.2, 0) is 4.74 Å². The van der Waals surface area contributed by atoms with Gasteiger partial charge in [-0.2, -0.15) is 0 Å². The average Bonchev–Trinajstić information content (AvgIpc) is 2.39. The molecule has 0 saturated carbocycles. The molecule has 4 heteroatoms. The fourth-order valence-electron chi connectivity index (χ4n) is 1.95. The second-order valence-electron chi connectivity index (χ2n) is 4.36. The zero-order chi connectivity index (χ0) is 11.4. The summed E-state index contributed by atoms with van der Waals surface area (Å²) < 4.78 is 5.36. The van der Waals surface area contributed by atoms with Gasteiger partial charge in [0.25, 0.3) is 0 Å². The first-order chi connectivity index (χ1) is 7.81. The topological polar surface area (TPSA) is 61.0 Å². The standard InChI is InChI=1S/C12H19N3O/c1-9(8-13)12-14-5-2-11(15-12)10-3-6-16-7-4-10/h2,5,9-10H,3-4,6-8,13H2,1H3. The van der Waals surface area contributed by atoms with Crippen molar-refractivity contribution in [3.8, 4) is 0 Å². The molecule has 1 aliphatic rings. The molecule has 1 unspecified atom stereocenters. The van der Waals surface area contributed by atoms with Crippen molar-refractivity contribution in [2.24, 2.45) is 5.73 Å². The monoisotopic (exact) mass is 221 g/mol. The molecule has 1 fully saturated rings. The third-order valence-electron chi connectivity index (χ3n) is 3.13. The van der Waals surface area contributed by atoms with E-state index in [0.717, 1.165) is 37.6 Å². The summed E-state index contributed by atoms with van der Waals surface area (Å²) in [4.78, 5) is 8.90. The van der Waals surface area contributed by atoms with Crippen LogP contribution >= 0.6 is 0 Å². The van der Waals surface area contributed by atoms with Gasteiger partial charge in [-0.25, -0.2) is 9.97 Å². The van der Waals surface area contributed by atoms with Crippen molar-refractivity contribution >= 4 is 0 Å². The second-order valence-corrected chi connectivity index (χ2v) is 4.36. The van der Waals surface area contributed by atoms with Gasteiger partial charge in [0.1, 0.15) is 5.82 Å². The molecule has 2 heterocycles. The molecule has 88 valence electrons. The van der Waals surface area contributed by atoms with Crippen LogP contribution in [0.1, 0.15) is 43.1 Å². The quantitative estimate of drug-likeness (QED) is 0.838. The van der Waals surface area contributed by atoms with E-state index >= 15 is 0 Å². The SMILES string of the molecule is CC(CN)c1nccc(C2CCOCC2)n1. The van der Waals surface area contributed by atoms with Gasteiger partial charge in [-0.15, -0.1) is 0 Å². The molecular weight excluding hydrogens is 202 g/mol. The zero-order valence-corrected chi connectivity index (χ0v) is 9.72. The van der Waals surface area contributed by atoms with E-state index in [2.05, 4.69) is 16.9 Å². The Morgan fingerprint density at radius 3 is 2.94 bits per heavy atom. The van der Waals surface area contributed by atoms with Crippen LogP contribution in [0.25, 0.3) is 0 Å². The minimum atomic E-state index is 0.236. The van der Waals surface area contributed by atoms with E-state index in [9.17, 15) is 0 Å². The molecule has 1 aliphatic heterocycles. The normalized spacial score (nSPS) is 19.6. The second kappa shape index (κ2) is 5.37. The average molecular weight is 221 g/mol. The highest BCUT2D eigenvalue weighted by Crippen LogP contribution is 2.25. The Balaban J connectivity index is 2.14. The predicted octanol–water partition coefficient (Wildman–Crippen LogP) is 1.43. The predicted molar refractivity (Wildman–Crippen MR) is 62.3 cm³/mol. The van der Waals surface area contributed by atoms with Crippen molar-refractivity contribution in [1.29, 1.82) is 0 Å². The summed E-state index contributed by atoms with van der Waals surface area (Å²) >= 11 is 0. The van der Waals surface area contributed by atoms with Crippen molar-refractivity contribution < 1.29 is 4.74 Å². The van der Waals surface area contributed by atoms with Gasteiger partial charge in [0, 0.05) is 43.5 Å². The maximum absolute atomic E-state index is 5.63. The van der Waals surface area contributed by atoms with Crippen LogP contribution in [0, 0.1) is 0 Å². The van der Waals surface area contributed by atoms with E-state index in [1.54, 1.807) is 0 Å². The number of ether oxygens (including phenoxy) is 1. The van der Waals surface area contributed by atoms with Gasteiger partial charge in [0.05, 0.1) is 0 Å². The van der Waals surface area contributed by atoms with Crippen molar-refractivity contribution in [1.82, 2.24) is 9.97 Å². The van der Waals surface area contributed by atoms with E-state index in [4.69, 9.17) is 10.5 Å². The highest BCUT2D eigenvalue weighted by atomic mass is 16.5. The molecule has 4 nitrogen and oxygen atoms in total. The minimum absolute atomic E-state index is 0.236. The Bertz CT molecular complexity index is 337. The Hall–Kier alpha value is -1.00. The number of hydrogen-bond donors (Lipinski definition) is 1. The van der Waals surface area contributed by atoms with Crippen LogP contribution in [0.2, 0.25) is 0 Å². The zero-order valence-electron chi connectivity index (χ0n) is 9.72. The van der Waals surface area contributed by atoms with E-state index < -0.39 is 0 Å². The van der Waals surface area contributed by atoms with Crippen molar-refractivity contribution in [3.63, 3.8) is 0 Å². The van der Waals surface area contributed by atoms with Gasteiger partial charge in [-0.1, -0.05) is 6.92 Å². The lowest BCUT2D eigenvalue weighted by molar-refractivity contribution is 0.0844. The molecule has 1 aromatic heterocycles. The Morgan fingerprint density at radius 1 is 1.50 bits per heavy atom. The lowest BCUT2D eigenvalue weighted by Crippen LogP contribution is -2.17. The van der Waals surface area contributed by atoms with Crippen LogP contribution in [0.5, 0.6) is 0 Å². The Morgan fingerprint density at radius 2 is 2.25 bits per heavy atom. The van der Waals surface area contributed by atoms with Gasteiger partial charge >= 0.3 is 0 Å². The molecule has 1 aromatic rings. The van der Waals surface area contributed by atoms with E-state index in [-0.39, 0.29) is 5.92 Å². The van der Waals surface area contributed by atoms with E-state index in [1.165, 1.54) is 0 Å². The first-order valence-electron chi connectivity index (χ1n) is 5.92. The number of hydrogen-bond acceptors (Lipinski definition) is 4. The van der Waals surface area contributed by atoms with E-state index in [1.807, 2.05) is 12.3 Å². The van der Waals surface area contributed by atoms with Crippen molar-refractivity contribution in [2.45, 2.75) is 31.6 Å². The molecule has 16 heavy (non-hydrogen) atoms. The fraction of sp³-hybridized carbons (Fsp3) is 0.667.